The first-order valence-electron chi connectivity index (χ1n) is 6.27. The molecule has 2 aliphatic rings. The molecular formula is C11H20F3N3O. The van der Waals surface area contributed by atoms with Gasteiger partial charge in [-0.05, 0) is 6.42 Å². The molecule has 2 fully saturated rings. The van der Waals surface area contributed by atoms with Crippen molar-refractivity contribution in [2.75, 3.05) is 52.5 Å². The van der Waals surface area contributed by atoms with E-state index < -0.39 is 12.7 Å². The van der Waals surface area contributed by atoms with Crippen LogP contribution in [0, 0.1) is 0 Å². The van der Waals surface area contributed by atoms with Gasteiger partial charge in [-0.2, -0.15) is 13.2 Å². The summed E-state index contributed by atoms with van der Waals surface area (Å²) in [6.45, 7) is 3.15. The Morgan fingerprint density at radius 1 is 1.17 bits per heavy atom. The van der Waals surface area contributed by atoms with Gasteiger partial charge in [0, 0.05) is 39.3 Å². The van der Waals surface area contributed by atoms with Crippen LogP contribution in [0.5, 0.6) is 0 Å². The van der Waals surface area contributed by atoms with Crippen molar-refractivity contribution < 1.29 is 17.9 Å². The molecule has 2 heterocycles. The van der Waals surface area contributed by atoms with E-state index in [1.54, 1.807) is 0 Å². The summed E-state index contributed by atoms with van der Waals surface area (Å²) in [5, 5.41) is 0. The van der Waals surface area contributed by atoms with Gasteiger partial charge in [0.25, 0.3) is 0 Å². The van der Waals surface area contributed by atoms with Crippen molar-refractivity contribution in [1.29, 1.82) is 0 Å². The largest absolute Gasteiger partial charge is 0.401 e. The van der Waals surface area contributed by atoms with Crippen LogP contribution in [-0.2, 0) is 4.74 Å². The number of rotatable bonds is 3. The second kappa shape index (κ2) is 5.32. The summed E-state index contributed by atoms with van der Waals surface area (Å²) in [5.41, 5.74) is 5.67. The summed E-state index contributed by atoms with van der Waals surface area (Å²) in [4.78, 5) is 3.66. The monoisotopic (exact) mass is 267 g/mol. The molecule has 0 aromatic heterocycles. The van der Waals surface area contributed by atoms with Crippen molar-refractivity contribution in [3.8, 4) is 0 Å². The standard InChI is InChI=1S/C11H20F3N3O/c12-11(13,14)8-16-2-4-17(5-3-16)10(7-15)1-6-18-9-10/h1-9,15H2. The third-order valence-electron chi connectivity index (χ3n) is 3.91. The molecule has 0 aliphatic carbocycles. The van der Waals surface area contributed by atoms with E-state index in [2.05, 4.69) is 4.90 Å². The number of hydrogen-bond donors (Lipinski definition) is 1. The Hall–Kier alpha value is -0.370. The van der Waals surface area contributed by atoms with E-state index in [9.17, 15) is 13.2 Å². The van der Waals surface area contributed by atoms with Gasteiger partial charge in [-0.1, -0.05) is 0 Å². The van der Waals surface area contributed by atoms with Gasteiger partial charge in [-0.15, -0.1) is 0 Å². The van der Waals surface area contributed by atoms with Gasteiger partial charge in [0.05, 0.1) is 18.7 Å². The number of hydrogen-bond acceptors (Lipinski definition) is 4. The molecule has 106 valence electrons. The van der Waals surface area contributed by atoms with Crippen molar-refractivity contribution in [2.45, 2.75) is 18.1 Å². The zero-order valence-corrected chi connectivity index (χ0v) is 10.4. The molecule has 0 radical (unpaired) electrons. The average Bonchev–Trinajstić information content (AvgIpc) is 2.77. The first kappa shape index (κ1) is 14.0. The van der Waals surface area contributed by atoms with Crippen LogP contribution in [0.1, 0.15) is 6.42 Å². The minimum absolute atomic E-state index is 0.148. The predicted molar refractivity (Wildman–Crippen MR) is 61.3 cm³/mol. The molecule has 2 saturated heterocycles. The van der Waals surface area contributed by atoms with Crippen LogP contribution in [0.4, 0.5) is 13.2 Å². The zero-order valence-electron chi connectivity index (χ0n) is 10.4. The van der Waals surface area contributed by atoms with E-state index in [1.807, 2.05) is 0 Å². The van der Waals surface area contributed by atoms with Gasteiger partial charge < -0.3 is 10.5 Å². The quantitative estimate of drug-likeness (QED) is 0.798. The average molecular weight is 267 g/mol. The molecule has 4 nitrogen and oxygen atoms in total. The number of halogens is 3. The fraction of sp³-hybridized carbons (Fsp3) is 1.00. The van der Waals surface area contributed by atoms with Crippen LogP contribution >= 0.6 is 0 Å². The lowest BCUT2D eigenvalue weighted by Gasteiger charge is -2.44. The van der Waals surface area contributed by atoms with Gasteiger partial charge in [-0.3, -0.25) is 9.80 Å². The maximum Gasteiger partial charge on any atom is 0.401 e. The van der Waals surface area contributed by atoms with Crippen LogP contribution in [0.2, 0.25) is 0 Å². The number of ether oxygens (including phenoxy) is 1. The van der Waals surface area contributed by atoms with Crippen LogP contribution in [0.15, 0.2) is 0 Å². The molecule has 0 amide bonds. The first-order chi connectivity index (χ1) is 8.45. The Labute approximate surface area is 105 Å². The topological polar surface area (TPSA) is 41.7 Å². The number of nitrogens with zero attached hydrogens (tertiary/aromatic N) is 2. The number of alkyl halides is 3. The summed E-state index contributed by atoms with van der Waals surface area (Å²) in [6, 6.07) is 0. The summed E-state index contributed by atoms with van der Waals surface area (Å²) in [6.07, 6.45) is -3.23. The van der Waals surface area contributed by atoms with Gasteiger partial charge in [0.1, 0.15) is 0 Å². The highest BCUT2D eigenvalue weighted by atomic mass is 19.4. The molecule has 7 heteroatoms. The summed E-state index contributed by atoms with van der Waals surface area (Å²) < 4.78 is 42.3. The summed E-state index contributed by atoms with van der Waals surface area (Å²) in [7, 11) is 0. The molecular weight excluding hydrogens is 247 g/mol. The van der Waals surface area contributed by atoms with Gasteiger partial charge in [-0.25, -0.2) is 0 Å². The SMILES string of the molecule is NCC1(N2CCN(CC(F)(F)F)CC2)CCOC1. The Morgan fingerprint density at radius 3 is 2.28 bits per heavy atom. The van der Waals surface area contributed by atoms with Gasteiger partial charge >= 0.3 is 6.18 Å². The molecule has 1 atom stereocenters. The zero-order chi connectivity index (χ0) is 13.2. The van der Waals surface area contributed by atoms with E-state index in [1.165, 1.54) is 4.90 Å². The van der Waals surface area contributed by atoms with Crippen LogP contribution in [-0.4, -0.2) is 74.0 Å². The lowest BCUT2D eigenvalue weighted by molar-refractivity contribution is -0.151. The number of piperazine rings is 1. The van der Waals surface area contributed by atoms with Crippen molar-refractivity contribution in [3.05, 3.63) is 0 Å². The molecule has 0 aromatic rings. The second-order valence-electron chi connectivity index (χ2n) is 5.11. The Kier molecular flexibility index (Phi) is 4.15. The molecule has 1 unspecified atom stereocenters. The third-order valence-corrected chi connectivity index (χ3v) is 3.91. The normalized spacial score (nSPS) is 32.0. The summed E-state index contributed by atoms with van der Waals surface area (Å²) >= 11 is 0. The van der Waals surface area contributed by atoms with Crippen LogP contribution < -0.4 is 5.73 Å². The Balaban J connectivity index is 1.86. The van der Waals surface area contributed by atoms with Crippen molar-refractivity contribution >= 4 is 0 Å². The molecule has 2 aliphatic heterocycles. The highest BCUT2D eigenvalue weighted by Crippen LogP contribution is 2.27. The Morgan fingerprint density at radius 2 is 1.83 bits per heavy atom. The molecule has 18 heavy (non-hydrogen) atoms. The molecule has 2 N–H and O–H groups in total. The Bertz CT molecular complexity index is 271. The van der Waals surface area contributed by atoms with E-state index in [-0.39, 0.29) is 5.54 Å². The summed E-state index contributed by atoms with van der Waals surface area (Å²) in [5.74, 6) is 0. The fourth-order valence-corrected chi connectivity index (χ4v) is 2.77. The van der Waals surface area contributed by atoms with E-state index >= 15 is 0 Å². The lowest BCUT2D eigenvalue weighted by Crippen LogP contribution is -2.61. The highest BCUT2D eigenvalue weighted by Gasteiger charge is 2.41. The van der Waals surface area contributed by atoms with Crippen LogP contribution in [0.3, 0.4) is 0 Å². The molecule has 0 saturated carbocycles. The number of nitrogens with two attached hydrogens (primary N) is 1. The maximum absolute atomic E-state index is 12.3. The molecule has 0 bridgehead atoms. The van der Waals surface area contributed by atoms with Gasteiger partial charge in [0.2, 0.25) is 0 Å². The molecule has 2 rings (SSSR count). The van der Waals surface area contributed by atoms with Crippen molar-refractivity contribution in [3.63, 3.8) is 0 Å². The first-order valence-corrected chi connectivity index (χ1v) is 6.27. The van der Waals surface area contributed by atoms with Gasteiger partial charge in [0.15, 0.2) is 0 Å². The minimum atomic E-state index is -4.11. The van der Waals surface area contributed by atoms with Crippen molar-refractivity contribution in [2.24, 2.45) is 5.73 Å². The minimum Gasteiger partial charge on any atom is -0.379 e. The second-order valence-corrected chi connectivity index (χ2v) is 5.11. The maximum atomic E-state index is 12.3. The van der Waals surface area contributed by atoms with E-state index in [0.29, 0.717) is 45.9 Å². The van der Waals surface area contributed by atoms with E-state index in [0.717, 1.165) is 6.42 Å². The molecule has 0 spiro atoms. The fourth-order valence-electron chi connectivity index (χ4n) is 2.77. The highest BCUT2D eigenvalue weighted by molar-refractivity contribution is 4.97. The lowest BCUT2D eigenvalue weighted by atomic mass is 9.95. The predicted octanol–water partition coefficient (Wildman–Crippen LogP) is 0.284. The van der Waals surface area contributed by atoms with Crippen molar-refractivity contribution in [1.82, 2.24) is 9.80 Å². The smallest absolute Gasteiger partial charge is 0.379 e. The van der Waals surface area contributed by atoms with E-state index in [4.69, 9.17) is 10.5 Å². The molecule has 0 aromatic carbocycles. The van der Waals surface area contributed by atoms with Crippen LogP contribution in [0.25, 0.3) is 0 Å². The third kappa shape index (κ3) is 3.14.